The molecule has 0 saturated carbocycles. The van der Waals surface area contributed by atoms with E-state index in [1.165, 1.54) is 11.8 Å². The average molecular weight is 369 g/mol. The van der Waals surface area contributed by atoms with Gasteiger partial charge >= 0.3 is 6.01 Å². The molecule has 26 heavy (non-hydrogen) atoms. The summed E-state index contributed by atoms with van der Waals surface area (Å²) in [6.07, 6.45) is 0. The maximum Gasteiger partial charge on any atom is 0.322 e. The Morgan fingerprint density at radius 3 is 2.46 bits per heavy atom. The molecule has 1 aromatic heterocycles. The second-order valence-electron chi connectivity index (χ2n) is 5.80. The lowest BCUT2D eigenvalue weighted by Gasteiger charge is -2.03. The van der Waals surface area contributed by atoms with Gasteiger partial charge in [-0.25, -0.2) is 0 Å². The molecule has 6 nitrogen and oxygen atoms in total. The van der Waals surface area contributed by atoms with Gasteiger partial charge in [0, 0.05) is 10.5 Å². The fourth-order valence-corrected chi connectivity index (χ4v) is 3.16. The van der Waals surface area contributed by atoms with Crippen molar-refractivity contribution in [3.05, 3.63) is 53.6 Å². The molecule has 0 bridgehead atoms. The minimum atomic E-state index is -0.207. The number of benzene rings is 2. The minimum Gasteiger partial charge on any atom is -0.497 e. The van der Waals surface area contributed by atoms with Crippen LogP contribution < -0.4 is 10.1 Å². The first-order valence-electron chi connectivity index (χ1n) is 8.02. The maximum atomic E-state index is 12.1. The number of thioether (sulfide) groups is 1. The Balaban J connectivity index is 1.58. The van der Waals surface area contributed by atoms with E-state index < -0.39 is 0 Å². The van der Waals surface area contributed by atoms with Crippen LogP contribution in [0.3, 0.4) is 0 Å². The number of carbonyl (C=O) groups excluding carboxylic acids is 1. The minimum absolute atomic E-state index is 0.0968. The molecule has 7 heteroatoms. The molecule has 2 aromatic carbocycles. The summed E-state index contributed by atoms with van der Waals surface area (Å²) in [4.78, 5) is 13.1. The number of anilines is 1. The standard InChI is InChI=1S/C19H19N3O3S/c1-12-8-13(2)10-14(9-12)18-21-22-19(25-18)20-17(23)11-26-16-6-4-15(24-3)5-7-16/h4-10H,11H2,1-3H3,(H,20,22,23). The van der Waals surface area contributed by atoms with Gasteiger partial charge in [0.05, 0.1) is 12.9 Å². The van der Waals surface area contributed by atoms with Gasteiger partial charge in [0.15, 0.2) is 0 Å². The topological polar surface area (TPSA) is 77.2 Å². The first-order valence-corrected chi connectivity index (χ1v) is 9.01. The third kappa shape index (κ3) is 4.64. The zero-order chi connectivity index (χ0) is 18.5. The van der Waals surface area contributed by atoms with Gasteiger partial charge in [-0.3, -0.25) is 10.1 Å². The Labute approximate surface area is 156 Å². The number of carbonyl (C=O) groups is 1. The van der Waals surface area contributed by atoms with E-state index in [4.69, 9.17) is 9.15 Å². The van der Waals surface area contributed by atoms with Gasteiger partial charge in [0.25, 0.3) is 0 Å². The highest BCUT2D eigenvalue weighted by Gasteiger charge is 2.12. The highest BCUT2D eigenvalue weighted by molar-refractivity contribution is 8.00. The number of nitrogens with zero attached hydrogens (tertiary/aromatic N) is 2. The molecule has 0 radical (unpaired) electrons. The average Bonchev–Trinajstić information content (AvgIpc) is 3.08. The lowest BCUT2D eigenvalue weighted by atomic mass is 10.1. The van der Waals surface area contributed by atoms with E-state index in [0.717, 1.165) is 27.3 Å². The molecule has 1 amide bonds. The predicted molar refractivity (Wildman–Crippen MR) is 102 cm³/mol. The van der Waals surface area contributed by atoms with Crippen LogP contribution in [0.2, 0.25) is 0 Å². The molecular weight excluding hydrogens is 350 g/mol. The molecule has 134 valence electrons. The summed E-state index contributed by atoms with van der Waals surface area (Å²) < 4.78 is 10.7. The molecular formula is C19H19N3O3S. The molecule has 0 aliphatic heterocycles. The van der Waals surface area contributed by atoms with Crippen LogP contribution in [-0.4, -0.2) is 29.0 Å². The quantitative estimate of drug-likeness (QED) is 0.660. The third-order valence-electron chi connectivity index (χ3n) is 3.57. The van der Waals surface area contributed by atoms with Crippen LogP contribution in [0.1, 0.15) is 11.1 Å². The Bertz CT molecular complexity index is 886. The summed E-state index contributed by atoms with van der Waals surface area (Å²) in [5, 5.41) is 10.5. The maximum absolute atomic E-state index is 12.1. The number of rotatable bonds is 6. The third-order valence-corrected chi connectivity index (χ3v) is 4.58. The van der Waals surface area contributed by atoms with Gasteiger partial charge in [-0.15, -0.1) is 16.9 Å². The monoisotopic (exact) mass is 369 g/mol. The fourth-order valence-electron chi connectivity index (χ4n) is 2.46. The number of amides is 1. The fraction of sp³-hybridized carbons (Fsp3) is 0.211. The van der Waals surface area contributed by atoms with Gasteiger partial charge in [0.2, 0.25) is 11.8 Å². The van der Waals surface area contributed by atoms with Crippen LogP contribution in [0.4, 0.5) is 6.01 Å². The Morgan fingerprint density at radius 1 is 1.12 bits per heavy atom. The molecule has 3 aromatic rings. The molecule has 3 rings (SSSR count). The summed E-state index contributed by atoms with van der Waals surface area (Å²) in [7, 11) is 1.62. The molecule has 0 saturated heterocycles. The molecule has 0 unspecified atom stereocenters. The van der Waals surface area contributed by atoms with Crippen molar-refractivity contribution in [3.8, 4) is 17.2 Å². The lowest BCUT2D eigenvalue weighted by molar-refractivity contribution is -0.113. The van der Waals surface area contributed by atoms with Crippen LogP contribution in [0.25, 0.3) is 11.5 Å². The van der Waals surface area contributed by atoms with Crippen molar-refractivity contribution in [1.29, 1.82) is 0 Å². The normalized spacial score (nSPS) is 10.6. The number of hydrogen-bond donors (Lipinski definition) is 1. The Hall–Kier alpha value is -2.80. The smallest absolute Gasteiger partial charge is 0.322 e. The van der Waals surface area contributed by atoms with E-state index in [9.17, 15) is 4.79 Å². The van der Waals surface area contributed by atoms with E-state index in [1.54, 1.807) is 7.11 Å². The van der Waals surface area contributed by atoms with E-state index >= 15 is 0 Å². The molecule has 1 N–H and O–H groups in total. The van der Waals surface area contributed by atoms with E-state index in [2.05, 4.69) is 21.6 Å². The molecule has 0 aliphatic rings. The van der Waals surface area contributed by atoms with Crippen molar-refractivity contribution in [1.82, 2.24) is 10.2 Å². The Morgan fingerprint density at radius 2 is 1.81 bits per heavy atom. The zero-order valence-electron chi connectivity index (χ0n) is 14.8. The number of aryl methyl sites for hydroxylation is 2. The number of hydrogen-bond acceptors (Lipinski definition) is 6. The second-order valence-corrected chi connectivity index (χ2v) is 6.85. The van der Waals surface area contributed by atoms with Crippen molar-refractivity contribution in [2.24, 2.45) is 0 Å². The van der Waals surface area contributed by atoms with Crippen molar-refractivity contribution < 1.29 is 13.9 Å². The first kappa shape index (κ1) is 18.0. The molecule has 0 fully saturated rings. The van der Waals surface area contributed by atoms with Gasteiger partial charge < -0.3 is 9.15 Å². The second kappa shape index (κ2) is 8.05. The molecule has 0 atom stereocenters. The van der Waals surface area contributed by atoms with Crippen LogP contribution in [0.5, 0.6) is 5.75 Å². The van der Waals surface area contributed by atoms with Crippen molar-refractivity contribution in [3.63, 3.8) is 0 Å². The number of aromatic nitrogens is 2. The van der Waals surface area contributed by atoms with Crippen LogP contribution >= 0.6 is 11.8 Å². The highest BCUT2D eigenvalue weighted by Crippen LogP contribution is 2.24. The predicted octanol–water partition coefficient (Wildman–Crippen LogP) is 4.09. The van der Waals surface area contributed by atoms with Crippen molar-refractivity contribution >= 4 is 23.7 Å². The van der Waals surface area contributed by atoms with E-state index in [1.807, 2.05) is 50.2 Å². The summed E-state index contributed by atoms with van der Waals surface area (Å²) in [6, 6.07) is 13.6. The highest BCUT2D eigenvalue weighted by atomic mass is 32.2. The van der Waals surface area contributed by atoms with E-state index in [0.29, 0.717) is 5.89 Å². The van der Waals surface area contributed by atoms with Crippen LogP contribution in [0.15, 0.2) is 51.8 Å². The summed E-state index contributed by atoms with van der Waals surface area (Å²) in [6.45, 7) is 4.01. The van der Waals surface area contributed by atoms with Crippen molar-refractivity contribution in [2.45, 2.75) is 18.7 Å². The zero-order valence-corrected chi connectivity index (χ0v) is 15.6. The number of nitrogens with one attached hydrogen (secondary N) is 1. The SMILES string of the molecule is COc1ccc(SCC(=O)Nc2nnc(-c3cc(C)cc(C)c3)o2)cc1. The molecule has 0 aliphatic carbocycles. The lowest BCUT2D eigenvalue weighted by Crippen LogP contribution is -2.14. The first-order chi connectivity index (χ1) is 12.5. The number of ether oxygens (including phenoxy) is 1. The van der Waals surface area contributed by atoms with Crippen molar-refractivity contribution in [2.75, 3.05) is 18.2 Å². The molecule has 0 spiro atoms. The Kier molecular flexibility index (Phi) is 5.58. The number of methoxy groups -OCH3 is 1. The van der Waals surface area contributed by atoms with Crippen LogP contribution in [-0.2, 0) is 4.79 Å². The van der Waals surface area contributed by atoms with Gasteiger partial charge in [-0.2, -0.15) is 0 Å². The molecule has 1 heterocycles. The van der Waals surface area contributed by atoms with Gasteiger partial charge in [0.1, 0.15) is 5.75 Å². The summed E-state index contributed by atoms with van der Waals surface area (Å²) >= 11 is 1.42. The van der Waals surface area contributed by atoms with Gasteiger partial charge in [-0.1, -0.05) is 22.3 Å². The summed E-state index contributed by atoms with van der Waals surface area (Å²) in [5.74, 6) is 1.20. The largest absolute Gasteiger partial charge is 0.497 e. The van der Waals surface area contributed by atoms with Gasteiger partial charge in [-0.05, 0) is 50.2 Å². The van der Waals surface area contributed by atoms with Crippen LogP contribution in [0, 0.1) is 13.8 Å². The van der Waals surface area contributed by atoms with E-state index in [-0.39, 0.29) is 17.7 Å². The summed E-state index contributed by atoms with van der Waals surface area (Å²) in [5.41, 5.74) is 3.06.